The molecule has 0 fully saturated rings. The van der Waals surface area contributed by atoms with Gasteiger partial charge in [0, 0.05) is 12.6 Å². The van der Waals surface area contributed by atoms with Crippen molar-refractivity contribution in [2.75, 3.05) is 18.5 Å². The van der Waals surface area contributed by atoms with Crippen LogP contribution in [-0.2, 0) is 6.54 Å². The monoisotopic (exact) mass is 269 g/mol. The van der Waals surface area contributed by atoms with Crippen LogP contribution in [0.1, 0.15) is 11.1 Å². The number of rotatable bonds is 6. The molecule has 0 atom stereocenters. The van der Waals surface area contributed by atoms with Crippen LogP contribution in [0.5, 0.6) is 5.88 Å². The van der Waals surface area contributed by atoms with Crippen LogP contribution in [0.2, 0.25) is 0 Å². The van der Waals surface area contributed by atoms with Crippen molar-refractivity contribution in [1.29, 1.82) is 5.26 Å². The van der Waals surface area contributed by atoms with Gasteiger partial charge in [0.05, 0.1) is 30.1 Å². The fourth-order valence-electron chi connectivity index (χ4n) is 1.62. The molecule has 0 aliphatic heterocycles. The molecule has 0 amide bonds. The quantitative estimate of drug-likeness (QED) is 0.838. The third-order valence-corrected chi connectivity index (χ3v) is 2.66. The Bertz CT molecular complexity index is 574. The molecular formula is C15H15N3O2. The van der Waals surface area contributed by atoms with Gasteiger partial charge in [-0.3, -0.25) is 0 Å². The third-order valence-electron chi connectivity index (χ3n) is 2.66. The van der Waals surface area contributed by atoms with Crippen LogP contribution in [0, 0.1) is 11.3 Å². The molecule has 1 aromatic heterocycles. The fraction of sp³-hybridized carbons (Fsp3) is 0.200. The zero-order chi connectivity index (χ0) is 14.2. The minimum absolute atomic E-state index is 0.0274. The Labute approximate surface area is 117 Å². The first-order chi connectivity index (χ1) is 9.81. The minimum Gasteiger partial charge on any atom is -0.475 e. The van der Waals surface area contributed by atoms with Gasteiger partial charge < -0.3 is 15.2 Å². The van der Waals surface area contributed by atoms with Crippen LogP contribution in [0.4, 0.5) is 5.69 Å². The number of benzene rings is 1. The number of aromatic nitrogens is 1. The minimum atomic E-state index is -0.0274. The lowest BCUT2D eigenvalue weighted by molar-refractivity contribution is 0.196. The molecule has 0 aliphatic rings. The molecule has 2 rings (SSSR count). The van der Waals surface area contributed by atoms with Crippen LogP contribution in [0.25, 0.3) is 0 Å². The van der Waals surface area contributed by atoms with Crippen LogP contribution in [0.15, 0.2) is 42.6 Å². The van der Waals surface area contributed by atoms with E-state index in [2.05, 4.69) is 16.4 Å². The normalized spacial score (nSPS) is 9.80. The van der Waals surface area contributed by atoms with E-state index in [-0.39, 0.29) is 13.2 Å². The number of hydrogen-bond acceptors (Lipinski definition) is 5. The number of ether oxygens (including phenoxy) is 1. The summed E-state index contributed by atoms with van der Waals surface area (Å²) in [5.74, 6) is 0.489. The van der Waals surface area contributed by atoms with Crippen molar-refractivity contribution < 1.29 is 9.84 Å². The van der Waals surface area contributed by atoms with Crippen molar-refractivity contribution in [2.45, 2.75) is 6.54 Å². The average Bonchev–Trinajstić information content (AvgIpc) is 2.52. The van der Waals surface area contributed by atoms with Gasteiger partial charge in [-0.2, -0.15) is 5.26 Å². The van der Waals surface area contributed by atoms with Gasteiger partial charge in [-0.25, -0.2) is 4.98 Å². The number of anilines is 1. The second kappa shape index (κ2) is 7.12. The molecule has 20 heavy (non-hydrogen) atoms. The average molecular weight is 269 g/mol. The van der Waals surface area contributed by atoms with E-state index in [1.54, 1.807) is 24.4 Å². The second-order valence-electron chi connectivity index (χ2n) is 4.12. The lowest BCUT2D eigenvalue weighted by Gasteiger charge is -2.07. The van der Waals surface area contributed by atoms with E-state index in [0.717, 1.165) is 11.3 Å². The highest BCUT2D eigenvalue weighted by Gasteiger charge is 1.98. The molecule has 0 bridgehead atoms. The summed E-state index contributed by atoms with van der Waals surface area (Å²) in [4.78, 5) is 4.12. The standard InChI is InChI=1S/C15H15N3O2/c16-9-12-1-3-13(4-2-12)10-17-14-5-6-15(18-11-14)20-8-7-19/h1-6,11,17,19H,7-8,10H2. The molecule has 5 nitrogen and oxygen atoms in total. The Morgan fingerprint density at radius 2 is 2.00 bits per heavy atom. The molecule has 2 N–H and O–H groups in total. The Hall–Kier alpha value is -2.58. The maximum atomic E-state index is 8.72. The highest BCUT2D eigenvalue weighted by molar-refractivity contribution is 5.43. The molecule has 102 valence electrons. The van der Waals surface area contributed by atoms with E-state index in [1.807, 2.05) is 18.2 Å². The van der Waals surface area contributed by atoms with Gasteiger partial charge in [0.25, 0.3) is 0 Å². The highest BCUT2D eigenvalue weighted by Crippen LogP contribution is 2.13. The van der Waals surface area contributed by atoms with Gasteiger partial charge >= 0.3 is 0 Å². The second-order valence-corrected chi connectivity index (χ2v) is 4.12. The first-order valence-corrected chi connectivity index (χ1v) is 6.24. The number of aliphatic hydroxyl groups excluding tert-OH is 1. The Morgan fingerprint density at radius 3 is 2.60 bits per heavy atom. The van der Waals surface area contributed by atoms with E-state index in [1.165, 1.54) is 0 Å². The summed E-state index contributed by atoms with van der Waals surface area (Å²) in [5.41, 5.74) is 2.62. The van der Waals surface area contributed by atoms with Crippen molar-refractivity contribution >= 4 is 5.69 Å². The van der Waals surface area contributed by atoms with E-state index in [0.29, 0.717) is 18.0 Å². The van der Waals surface area contributed by atoms with Gasteiger partial charge in [-0.15, -0.1) is 0 Å². The molecule has 1 aromatic carbocycles. The number of nitriles is 1. The number of aliphatic hydroxyl groups is 1. The van der Waals surface area contributed by atoms with E-state index in [4.69, 9.17) is 15.1 Å². The lowest BCUT2D eigenvalue weighted by Crippen LogP contribution is -2.04. The molecular weight excluding hydrogens is 254 g/mol. The Kier molecular flexibility index (Phi) is 4.93. The van der Waals surface area contributed by atoms with Crippen LogP contribution < -0.4 is 10.1 Å². The van der Waals surface area contributed by atoms with E-state index >= 15 is 0 Å². The Morgan fingerprint density at radius 1 is 1.20 bits per heavy atom. The largest absolute Gasteiger partial charge is 0.475 e. The van der Waals surface area contributed by atoms with Crippen molar-refractivity contribution in [3.8, 4) is 11.9 Å². The summed E-state index contributed by atoms with van der Waals surface area (Å²) in [6.45, 7) is 0.871. The van der Waals surface area contributed by atoms with E-state index < -0.39 is 0 Å². The van der Waals surface area contributed by atoms with Gasteiger partial charge in [-0.05, 0) is 23.8 Å². The molecule has 5 heteroatoms. The smallest absolute Gasteiger partial charge is 0.213 e. The maximum Gasteiger partial charge on any atom is 0.213 e. The van der Waals surface area contributed by atoms with E-state index in [9.17, 15) is 0 Å². The summed E-state index contributed by atoms with van der Waals surface area (Å²) in [7, 11) is 0. The van der Waals surface area contributed by atoms with Crippen LogP contribution >= 0.6 is 0 Å². The van der Waals surface area contributed by atoms with Crippen molar-refractivity contribution in [3.63, 3.8) is 0 Å². The first kappa shape index (κ1) is 13.8. The summed E-state index contributed by atoms with van der Waals surface area (Å²) in [6, 6.07) is 13.1. The van der Waals surface area contributed by atoms with Crippen LogP contribution in [0.3, 0.4) is 0 Å². The number of hydrogen-bond donors (Lipinski definition) is 2. The number of pyridine rings is 1. The van der Waals surface area contributed by atoms with Gasteiger partial charge in [0.2, 0.25) is 5.88 Å². The molecule has 0 unspecified atom stereocenters. The molecule has 0 saturated carbocycles. The highest BCUT2D eigenvalue weighted by atomic mass is 16.5. The molecule has 1 heterocycles. The number of nitrogens with zero attached hydrogens (tertiary/aromatic N) is 2. The van der Waals surface area contributed by atoms with Crippen molar-refractivity contribution in [3.05, 3.63) is 53.7 Å². The zero-order valence-electron chi connectivity index (χ0n) is 10.9. The predicted molar refractivity (Wildman–Crippen MR) is 75.3 cm³/mol. The van der Waals surface area contributed by atoms with Crippen molar-refractivity contribution in [2.24, 2.45) is 0 Å². The SMILES string of the molecule is N#Cc1ccc(CNc2ccc(OCCO)nc2)cc1. The topological polar surface area (TPSA) is 78.2 Å². The lowest BCUT2D eigenvalue weighted by atomic mass is 10.1. The number of nitrogens with one attached hydrogen (secondary N) is 1. The summed E-state index contributed by atoms with van der Waals surface area (Å²) in [5, 5.41) is 20.6. The molecule has 0 spiro atoms. The maximum absolute atomic E-state index is 8.72. The van der Waals surface area contributed by atoms with Crippen molar-refractivity contribution in [1.82, 2.24) is 4.98 Å². The molecule has 0 aliphatic carbocycles. The summed E-state index contributed by atoms with van der Waals surface area (Å²) < 4.78 is 5.18. The molecule has 2 aromatic rings. The molecule has 0 radical (unpaired) electrons. The summed E-state index contributed by atoms with van der Waals surface area (Å²) >= 11 is 0. The predicted octanol–water partition coefficient (Wildman–Crippen LogP) is 1.94. The fourth-order valence-corrected chi connectivity index (χ4v) is 1.62. The summed E-state index contributed by atoms with van der Waals surface area (Å²) in [6.07, 6.45) is 1.68. The zero-order valence-corrected chi connectivity index (χ0v) is 10.9. The third kappa shape index (κ3) is 3.97. The van der Waals surface area contributed by atoms with Crippen LogP contribution in [-0.4, -0.2) is 23.3 Å². The molecule has 0 saturated heterocycles. The van der Waals surface area contributed by atoms with Gasteiger partial charge in [0.1, 0.15) is 6.61 Å². The van der Waals surface area contributed by atoms with Gasteiger partial charge in [-0.1, -0.05) is 12.1 Å². The van der Waals surface area contributed by atoms with Gasteiger partial charge in [0.15, 0.2) is 0 Å². The Balaban J connectivity index is 1.88. The first-order valence-electron chi connectivity index (χ1n) is 6.24.